The lowest BCUT2D eigenvalue weighted by molar-refractivity contribution is 0.106. The van der Waals surface area contributed by atoms with Crippen LogP contribution in [0.3, 0.4) is 0 Å². The second-order valence-electron chi connectivity index (χ2n) is 10.4. The van der Waals surface area contributed by atoms with Crippen molar-refractivity contribution in [1.82, 2.24) is 20.5 Å². The van der Waals surface area contributed by atoms with Crippen LogP contribution in [0.15, 0.2) is 42.6 Å². The van der Waals surface area contributed by atoms with Gasteiger partial charge in [0.05, 0.1) is 6.20 Å². The van der Waals surface area contributed by atoms with Gasteiger partial charge >= 0.3 is 6.03 Å². The average Bonchev–Trinajstić information content (AvgIpc) is 2.95. The van der Waals surface area contributed by atoms with Crippen molar-refractivity contribution >= 4 is 17.5 Å². The molecule has 216 valence electrons. The summed E-state index contributed by atoms with van der Waals surface area (Å²) in [4.78, 5) is 18.4. The van der Waals surface area contributed by atoms with E-state index in [1.165, 1.54) is 37.7 Å². The van der Waals surface area contributed by atoms with Crippen molar-refractivity contribution in [2.75, 3.05) is 50.4 Å². The van der Waals surface area contributed by atoms with Crippen LogP contribution in [0, 0.1) is 0 Å². The molecule has 0 spiro atoms. The number of carbonyl (C=O) groups is 1. The van der Waals surface area contributed by atoms with Crippen LogP contribution in [0.2, 0.25) is 0 Å². The molecule has 1 fully saturated rings. The molecule has 0 unspecified atom stereocenters. The third-order valence-corrected chi connectivity index (χ3v) is 7.09. The molecule has 6 N–H and O–H groups in total. The maximum absolute atomic E-state index is 12.4. The summed E-state index contributed by atoms with van der Waals surface area (Å²) in [6.07, 6.45) is 11.1. The van der Waals surface area contributed by atoms with Gasteiger partial charge in [-0.05, 0) is 62.1 Å². The van der Waals surface area contributed by atoms with E-state index < -0.39 is 6.10 Å². The van der Waals surface area contributed by atoms with Gasteiger partial charge in [0, 0.05) is 37.9 Å². The zero-order chi connectivity index (χ0) is 27.7. The Bertz CT molecular complexity index is 933. The molecule has 2 aromatic rings. The molecule has 1 aromatic carbocycles. The van der Waals surface area contributed by atoms with Gasteiger partial charge in [-0.25, -0.2) is 9.78 Å². The number of ether oxygens (including phenoxy) is 1. The SMILES string of the molecule is CCCCCCCCNC(=O)N1CCC(Nc2ccc(CCNC[C@H](O)COc3ccc(N)nc3)cc2)CC1. The van der Waals surface area contributed by atoms with Gasteiger partial charge in [0.25, 0.3) is 0 Å². The smallest absolute Gasteiger partial charge is 0.317 e. The lowest BCUT2D eigenvalue weighted by atomic mass is 10.0. The summed E-state index contributed by atoms with van der Waals surface area (Å²) in [5.74, 6) is 1.03. The van der Waals surface area contributed by atoms with Crippen LogP contribution < -0.4 is 26.4 Å². The molecule has 0 saturated carbocycles. The standard InChI is InChI=1S/C30H48N6O3/c1-2-3-4-5-6-7-17-33-30(38)36-19-15-26(16-20-36)35-25-10-8-24(9-11-25)14-18-32-21-27(37)23-39-28-12-13-29(31)34-22-28/h8-13,22,26-27,32,35,37H,2-7,14-21,23H2,1H3,(H2,31,34)(H,33,38)/t27-/m0/s1. The number of benzene rings is 1. The lowest BCUT2D eigenvalue weighted by Crippen LogP contribution is -2.47. The van der Waals surface area contributed by atoms with Gasteiger partial charge in [-0.3, -0.25) is 0 Å². The number of nitrogens with zero attached hydrogens (tertiary/aromatic N) is 2. The maximum atomic E-state index is 12.4. The number of urea groups is 1. The number of aliphatic hydroxyl groups excluding tert-OH is 1. The number of hydrogen-bond acceptors (Lipinski definition) is 7. The monoisotopic (exact) mass is 540 g/mol. The summed E-state index contributed by atoms with van der Waals surface area (Å²) in [7, 11) is 0. The summed E-state index contributed by atoms with van der Waals surface area (Å²) < 4.78 is 5.53. The number of piperidine rings is 1. The number of nitrogens with two attached hydrogens (primary N) is 1. The van der Waals surface area contributed by atoms with Gasteiger partial charge in [0.2, 0.25) is 0 Å². The first kappa shape index (κ1) is 30.5. The van der Waals surface area contributed by atoms with E-state index in [0.717, 1.165) is 57.5 Å². The second kappa shape index (κ2) is 17.5. The number of anilines is 2. The highest BCUT2D eigenvalue weighted by Crippen LogP contribution is 2.18. The fourth-order valence-corrected chi connectivity index (χ4v) is 4.67. The molecule has 2 heterocycles. The van der Waals surface area contributed by atoms with E-state index in [0.29, 0.717) is 24.2 Å². The molecule has 1 atom stereocenters. The molecule has 0 bridgehead atoms. The largest absolute Gasteiger partial charge is 0.489 e. The van der Waals surface area contributed by atoms with Crippen molar-refractivity contribution < 1.29 is 14.6 Å². The van der Waals surface area contributed by atoms with Crippen LogP contribution in [-0.2, 0) is 6.42 Å². The number of unbranched alkanes of at least 4 members (excludes halogenated alkanes) is 5. The van der Waals surface area contributed by atoms with E-state index in [1.54, 1.807) is 18.3 Å². The molecule has 1 aliphatic heterocycles. The molecule has 39 heavy (non-hydrogen) atoms. The molecule has 0 aliphatic carbocycles. The van der Waals surface area contributed by atoms with E-state index in [-0.39, 0.29) is 12.6 Å². The zero-order valence-electron chi connectivity index (χ0n) is 23.5. The Kier molecular flexibility index (Phi) is 13.7. The number of rotatable bonds is 17. The summed E-state index contributed by atoms with van der Waals surface area (Å²) in [5.41, 5.74) is 7.91. The normalized spacial score (nSPS) is 14.7. The number of aromatic nitrogens is 1. The number of nitrogen functional groups attached to an aromatic ring is 1. The Balaban J connectivity index is 1.23. The van der Waals surface area contributed by atoms with Crippen LogP contribution in [0.4, 0.5) is 16.3 Å². The van der Waals surface area contributed by atoms with Gasteiger partial charge in [-0.15, -0.1) is 0 Å². The number of nitrogens with one attached hydrogen (secondary N) is 3. The predicted molar refractivity (Wildman–Crippen MR) is 158 cm³/mol. The first-order valence-electron chi connectivity index (χ1n) is 14.6. The van der Waals surface area contributed by atoms with Crippen molar-refractivity contribution in [2.45, 2.75) is 76.9 Å². The average molecular weight is 541 g/mol. The Morgan fingerprint density at radius 3 is 2.54 bits per heavy atom. The first-order chi connectivity index (χ1) is 19.0. The third-order valence-electron chi connectivity index (χ3n) is 7.09. The number of aliphatic hydroxyl groups is 1. The van der Waals surface area contributed by atoms with Gasteiger partial charge in [0.1, 0.15) is 24.3 Å². The maximum Gasteiger partial charge on any atom is 0.317 e. The number of carbonyl (C=O) groups excluding carboxylic acids is 1. The molecule has 1 saturated heterocycles. The van der Waals surface area contributed by atoms with Crippen LogP contribution in [0.25, 0.3) is 0 Å². The fraction of sp³-hybridized carbons (Fsp3) is 0.600. The third kappa shape index (κ3) is 12.1. The minimum atomic E-state index is -0.605. The minimum absolute atomic E-state index is 0.0825. The van der Waals surface area contributed by atoms with Crippen LogP contribution in [0.1, 0.15) is 63.9 Å². The molecular weight excluding hydrogens is 492 g/mol. The van der Waals surface area contributed by atoms with Crippen molar-refractivity contribution in [2.24, 2.45) is 0 Å². The van der Waals surface area contributed by atoms with E-state index in [2.05, 4.69) is 52.1 Å². The molecular formula is C30H48N6O3. The van der Waals surface area contributed by atoms with E-state index >= 15 is 0 Å². The Labute approximate surface area is 233 Å². The van der Waals surface area contributed by atoms with Gasteiger partial charge in [-0.2, -0.15) is 0 Å². The highest BCUT2D eigenvalue weighted by Gasteiger charge is 2.22. The van der Waals surface area contributed by atoms with Gasteiger partial charge in [0.15, 0.2) is 0 Å². The minimum Gasteiger partial charge on any atom is -0.489 e. The summed E-state index contributed by atoms with van der Waals surface area (Å²) in [6.45, 7) is 6.01. The van der Waals surface area contributed by atoms with Crippen molar-refractivity contribution in [1.29, 1.82) is 0 Å². The zero-order valence-corrected chi connectivity index (χ0v) is 23.5. The summed E-state index contributed by atoms with van der Waals surface area (Å²) >= 11 is 0. The van der Waals surface area contributed by atoms with Crippen LogP contribution >= 0.6 is 0 Å². The van der Waals surface area contributed by atoms with Gasteiger partial charge < -0.3 is 36.4 Å². The predicted octanol–water partition coefficient (Wildman–Crippen LogP) is 4.18. The second-order valence-corrected chi connectivity index (χ2v) is 10.4. The Morgan fingerprint density at radius 2 is 1.82 bits per heavy atom. The van der Waals surface area contributed by atoms with Crippen molar-refractivity contribution in [3.8, 4) is 5.75 Å². The first-order valence-corrected chi connectivity index (χ1v) is 14.6. The van der Waals surface area contributed by atoms with Crippen LogP contribution in [0.5, 0.6) is 5.75 Å². The number of pyridine rings is 1. The van der Waals surface area contributed by atoms with E-state index in [4.69, 9.17) is 10.5 Å². The number of likely N-dealkylation sites (tertiary alicyclic amines) is 1. The highest BCUT2D eigenvalue weighted by molar-refractivity contribution is 5.74. The molecule has 9 heteroatoms. The molecule has 1 aliphatic rings. The topological polar surface area (TPSA) is 125 Å². The van der Waals surface area contributed by atoms with Crippen molar-refractivity contribution in [3.63, 3.8) is 0 Å². The quantitative estimate of drug-likeness (QED) is 0.191. The number of amides is 2. The van der Waals surface area contributed by atoms with Gasteiger partial charge in [-0.1, -0.05) is 51.2 Å². The molecule has 3 rings (SSSR count). The molecule has 2 amide bonds. The summed E-state index contributed by atoms with van der Waals surface area (Å²) in [6, 6.07) is 12.4. The van der Waals surface area contributed by atoms with Crippen molar-refractivity contribution in [3.05, 3.63) is 48.2 Å². The van der Waals surface area contributed by atoms with Crippen LogP contribution in [-0.4, -0.2) is 72.5 Å². The summed E-state index contributed by atoms with van der Waals surface area (Å²) in [5, 5.41) is 20.1. The molecule has 0 radical (unpaired) electrons. The Hall–Kier alpha value is -3.04. The van der Waals surface area contributed by atoms with E-state index in [1.807, 2.05) is 4.90 Å². The van der Waals surface area contributed by atoms with E-state index in [9.17, 15) is 9.90 Å². The molecule has 9 nitrogen and oxygen atoms in total. The lowest BCUT2D eigenvalue weighted by Gasteiger charge is -2.33. The molecule has 1 aromatic heterocycles. The Morgan fingerprint density at radius 1 is 1.08 bits per heavy atom. The number of hydrogen-bond donors (Lipinski definition) is 5. The fourth-order valence-electron chi connectivity index (χ4n) is 4.67. The highest BCUT2D eigenvalue weighted by atomic mass is 16.5.